The van der Waals surface area contributed by atoms with Crippen LogP contribution in [0, 0.1) is 11.7 Å². The van der Waals surface area contributed by atoms with Crippen molar-refractivity contribution in [1.29, 1.82) is 0 Å². The molecule has 1 atom stereocenters. The molecule has 1 aromatic carbocycles. The Labute approximate surface area is 87.1 Å². The van der Waals surface area contributed by atoms with Crippen LogP contribution in [0.2, 0.25) is 0 Å². The first kappa shape index (κ1) is 10.1. The SMILES string of the molecule is CC(CO)Cn1ncc2ccc(F)cc21. The molecule has 3 nitrogen and oxygen atoms in total. The predicted molar refractivity (Wildman–Crippen MR) is 55.9 cm³/mol. The van der Waals surface area contributed by atoms with Gasteiger partial charge in [-0.3, -0.25) is 4.68 Å². The second kappa shape index (κ2) is 3.98. The molecule has 0 amide bonds. The molecule has 0 spiro atoms. The predicted octanol–water partition coefficient (Wildman–Crippen LogP) is 1.80. The normalized spacial score (nSPS) is 13.3. The first-order valence-corrected chi connectivity index (χ1v) is 4.92. The van der Waals surface area contributed by atoms with Crippen molar-refractivity contribution in [3.8, 4) is 0 Å². The molecule has 4 heteroatoms. The number of hydrogen-bond acceptors (Lipinski definition) is 2. The van der Waals surface area contributed by atoms with Crippen molar-refractivity contribution in [3.63, 3.8) is 0 Å². The Bertz CT molecular complexity index is 467. The van der Waals surface area contributed by atoms with E-state index < -0.39 is 0 Å². The maximum absolute atomic E-state index is 13.0. The van der Waals surface area contributed by atoms with Crippen LogP contribution in [0.5, 0.6) is 0 Å². The summed E-state index contributed by atoms with van der Waals surface area (Å²) in [6, 6.07) is 4.59. The first-order valence-electron chi connectivity index (χ1n) is 4.92. The van der Waals surface area contributed by atoms with Crippen molar-refractivity contribution in [3.05, 3.63) is 30.2 Å². The largest absolute Gasteiger partial charge is 0.396 e. The highest BCUT2D eigenvalue weighted by molar-refractivity contribution is 5.78. The molecule has 1 heterocycles. The Morgan fingerprint density at radius 2 is 2.33 bits per heavy atom. The first-order chi connectivity index (χ1) is 7.20. The minimum Gasteiger partial charge on any atom is -0.396 e. The van der Waals surface area contributed by atoms with Crippen LogP contribution in [-0.2, 0) is 6.54 Å². The fourth-order valence-electron chi connectivity index (χ4n) is 1.54. The fraction of sp³-hybridized carbons (Fsp3) is 0.364. The van der Waals surface area contributed by atoms with Gasteiger partial charge >= 0.3 is 0 Å². The van der Waals surface area contributed by atoms with Gasteiger partial charge in [0.05, 0.1) is 11.7 Å². The van der Waals surface area contributed by atoms with E-state index >= 15 is 0 Å². The van der Waals surface area contributed by atoms with E-state index in [1.54, 1.807) is 16.9 Å². The quantitative estimate of drug-likeness (QED) is 0.835. The molecule has 0 saturated heterocycles. The Morgan fingerprint density at radius 1 is 1.53 bits per heavy atom. The van der Waals surface area contributed by atoms with Gasteiger partial charge in [-0.2, -0.15) is 5.10 Å². The molecule has 1 aromatic heterocycles. The van der Waals surface area contributed by atoms with Crippen molar-refractivity contribution in [2.45, 2.75) is 13.5 Å². The van der Waals surface area contributed by atoms with Crippen molar-refractivity contribution < 1.29 is 9.50 Å². The van der Waals surface area contributed by atoms with E-state index in [2.05, 4.69) is 5.10 Å². The van der Waals surface area contributed by atoms with Gasteiger partial charge in [0.15, 0.2) is 0 Å². The molecule has 2 rings (SSSR count). The number of halogens is 1. The van der Waals surface area contributed by atoms with Crippen LogP contribution in [0.1, 0.15) is 6.92 Å². The lowest BCUT2D eigenvalue weighted by Gasteiger charge is -2.08. The summed E-state index contributed by atoms with van der Waals surface area (Å²) >= 11 is 0. The van der Waals surface area contributed by atoms with E-state index in [1.807, 2.05) is 6.92 Å². The molecular weight excluding hydrogens is 195 g/mol. The summed E-state index contributed by atoms with van der Waals surface area (Å²) in [4.78, 5) is 0. The smallest absolute Gasteiger partial charge is 0.125 e. The molecule has 0 aliphatic heterocycles. The molecule has 1 unspecified atom stereocenters. The number of hydrogen-bond donors (Lipinski definition) is 1. The molecule has 0 aliphatic carbocycles. The average molecular weight is 208 g/mol. The third kappa shape index (κ3) is 1.99. The number of aromatic nitrogens is 2. The van der Waals surface area contributed by atoms with Crippen molar-refractivity contribution in [2.24, 2.45) is 5.92 Å². The Balaban J connectivity index is 2.39. The summed E-state index contributed by atoms with van der Waals surface area (Å²) in [5, 5.41) is 14.0. The number of benzene rings is 1. The average Bonchev–Trinajstić information content (AvgIpc) is 2.61. The molecule has 0 saturated carbocycles. The zero-order valence-corrected chi connectivity index (χ0v) is 8.52. The summed E-state index contributed by atoms with van der Waals surface area (Å²) in [6.07, 6.45) is 1.71. The van der Waals surface area contributed by atoms with Gasteiger partial charge < -0.3 is 5.11 Å². The summed E-state index contributed by atoms with van der Waals surface area (Å²) in [5.41, 5.74) is 0.773. The van der Waals surface area contributed by atoms with Gasteiger partial charge in [0, 0.05) is 18.5 Å². The second-order valence-corrected chi connectivity index (χ2v) is 3.82. The zero-order chi connectivity index (χ0) is 10.8. The molecule has 80 valence electrons. The van der Waals surface area contributed by atoms with Gasteiger partial charge in [0.2, 0.25) is 0 Å². The Morgan fingerprint density at radius 3 is 3.07 bits per heavy atom. The van der Waals surface area contributed by atoms with Crippen LogP contribution >= 0.6 is 0 Å². The monoisotopic (exact) mass is 208 g/mol. The minimum absolute atomic E-state index is 0.108. The van der Waals surface area contributed by atoms with Crippen LogP contribution < -0.4 is 0 Å². The molecule has 15 heavy (non-hydrogen) atoms. The highest BCUT2D eigenvalue weighted by atomic mass is 19.1. The summed E-state index contributed by atoms with van der Waals surface area (Å²) in [5.74, 6) is -0.141. The van der Waals surface area contributed by atoms with Crippen LogP contribution in [-0.4, -0.2) is 21.5 Å². The van der Waals surface area contributed by atoms with Gasteiger partial charge in [0.1, 0.15) is 5.82 Å². The van der Waals surface area contributed by atoms with E-state index in [0.717, 1.165) is 10.9 Å². The summed E-state index contributed by atoms with van der Waals surface area (Å²) in [7, 11) is 0. The molecule has 0 aliphatic rings. The lowest BCUT2D eigenvalue weighted by Crippen LogP contribution is -2.12. The number of nitrogens with zero attached hydrogens (tertiary/aromatic N) is 2. The topological polar surface area (TPSA) is 38.0 Å². The number of aliphatic hydroxyl groups excluding tert-OH is 1. The number of aliphatic hydroxyl groups is 1. The van der Waals surface area contributed by atoms with E-state index in [9.17, 15) is 4.39 Å². The van der Waals surface area contributed by atoms with Crippen LogP contribution in [0.25, 0.3) is 10.9 Å². The Kier molecular flexibility index (Phi) is 2.68. The molecule has 0 radical (unpaired) electrons. The molecule has 0 fully saturated rings. The Hall–Kier alpha value is -1.42. The summed E-state index contributed by atoms with van der Waals surface area (Å²) in [6.45, 7) is 2.63. The lowest BCUT2D eigenvalue weighted by atomic mass is 10.2. The highest BCUT2D eigenvalue weighted by Crippen LogP contribution is 2.16. The molecular formula is C11H13FN2O. The maximum atomic E-state index is 13.0. The van der Waals surface area contributed by atoms with Gasteiger partial charge in [-0.05, 0) is 24.1 Å². The van der Waals surface area contributed by atoms with Crippen molar-refractivity contribution in [1.82, 2.24) is 9.78 Å². The molecule has 2 aromatic rings. The van der Waals surface area contributed by atoms with Gasteiger partial charge in [-0.25, -0.2) is 4.39 Å². The van der Waals surface area contributed by atoms with Crippen LogP contribution in [0.3, 0.4) is 0 Å². The van der Waals surface area contributed by atoms with E-state index in [4.69, 9.17) is 5.11 Å². The second-order valence-electron chi connectivity index (χ2n) is 3.82. The van der Waals surface area contributed by atoms with E-state index in [-0.39, 0.29) is 18.3 Å². The lowest BCUT2D eigenvalue weighted by molar-refractivity contribution is 0.220. The maximum Gasteiger partial charge on any atom is 0.125 e. The summed E-state index contributed by atoms with van der Waals surface area (Å²) < 4.78 is 14.7. The third-order valence-corrected chi connectivity index (χ3v) is 2.40. The van der Waals surface area contributed by atoms with E-state index in [0.29, 0.717) is 6.54 Å². The highest BCUT2D eigenvalue weighted by Gasteiger charge is 2.07. The molecule has 0 bridgehead atoms. The minimum atomic E-state index is -0.263. The third-order valence-electron chi connectivity index (χ3n) is 2.40. The van der Waals surface area contributed by atoms with Crippen molar-refractivity contribution >= 4 is 10.9 Å². The molecule has 1 N–H and O–H groups in total. The standard InChI is InChI=1S/C11H13FN2O/c1-8(7-15)6-14-11-4-10(12)3-2-9(11)5-13-14/h2-5,8,15H,6-7H2,1H3. The van der Waals surface area contributed by atoms with Crippen LogP contribution in [0.15, 0.2) is 24.4 Å². The van der Waals surface area contributed by atoms with Crippen molar-refractivity contribution in [2.75, 3.05) is 6.61 Å². The van der Waals surface area contributed by atoms with Gasteiger partial charge in [-0.15, -0.1) is 0 Å². The fourth-order valence-corrected chi connectivity index (χ4v) is 1.54. The zero-order valence-electron chi connectivity index (χ0n) is 8.52. The van der Waals surface area contributed by atoms with Gasteiger partial charge in [0.25, 0.3) is 0 Å². The van der Waals surface area contributed by atoms with Gasteiger partial charge in [-0.1, -0.05) is 6.92 Å². The number of fused-ring (bicyclic) bond motifs is 1. The van der Waals surface area contributed by atoms with E-state index in [1.165, 1.54) is 12.1 Å². The van der Waals surface area contributed by atoms with Crippen LogP contribution in [0.4, 0.5) is 4.39 Å². The number of rotatable bonds is 3.